The number of rotatable bonds is 6. The maximum absolute atomic E-state index is 14.6. The number of likely N-dealkylation sites (tertiary alicyclic amines) is 1. The molecule has 0 bridgehead atoms. The van der Waals surface area contributed by atoms with Crippen molar-refractivity contribution in [3.05, 3.63) is 64.4 Å². The van der Waals surface area contributed by atoms with Gasteiger partial charge in [-0.05, 0) is 56.3 Å². The van der Waals surface area contributed by atoms with Crippen molar-refractivity contribution < 1.29 is 22.4 Å². The fourth-order valence-corrected chi connectivity index (χ4v) is 5.97. The van der Waals surface area contributed by atoms with Gasteiger partial charge in [-0.1, -0.05) is 23.7 Å². The molecule has 4 rings (SSSR count). The Morgan fingerprint density at radius 1 is 1.16 bits per heavy atom. The molecule has 0 unspecified atom stereocenters. The highest BCUT2D eigenvalue weighted by molar-refractivity contribution is 7.94. The molecule has 170 valence electrons. The second-order valence-electron chi connectivity index (χ2n) is 7.88. The van der Waals surface area contributed by atoms with Crippen molar-refractivity contribution in [1.82, 2.24) is 10.2 Å². The first-order valence-corrected chi connectivity index (χ1v) is 12.4. The number of halogens is 2. The van der Waals surface area contributed by atoms with E-state index in [1.807, 2.05) is 0 Å². The average molecular weight is 480 g/mol. The summed E-state index contributed by atoms with van der Waals surface area (Å²) in [6.45, 7) is 1.68. The van der Waals surface area contributed by atoms with Crippen LogP contribution in [0.2, 0.25) is 5.02 Å². The van der Waals surface area contributed by atoms with E-state index >= 15 is 0 Å². The molecule has 2 aliphatic heterocycles. The Bertz CT molecular complexity index is 1130. The van der Waals surface area contributed by atoms with Crippen LogP contribution in [0, 0.1) is 5.82 Å². The Morgan fingerprint density at radius 2 is 1.88 bits per heavy atom. The molecule has 32 heavy (non-hydrogen) atoms. The molecular weight excluding hydrogens is 457 g/mol. The van der Waals surface area contributed by atoms with E-state index in [2.05, 4.69) is 10.2 Å². The fraction of sp³-hybridized carbons (Fsp3) is 0.364. The van der Waals surface area contributed by atoms with Crippen molar-refractivity contribution in [1.29, 1.82) is 0 Å². The predicted octanol–water partition coefficient (Wildman–Crippen LogP) is 3.11. The third-order valence-corrected chi connectivity index (χ3v) is 7.81. The molecule has 0 saturated carbocycles. The smallest absolute Gasteiger partial charge is 0.251 e. The third kappa shape index (κ3) is 4.51. The van der Waals surface area contributed by atoms with Gasteiger partial charge in [0, 0.05) is 29.1 Å². The number of carbonyl (C=O) groups is 2. The number of hydrogen-bond acceptors (Lipinski definition) is 5. The van der Waals surface area contributed by atoms with E-state index in [0.717, 1.165) is 30.2 Å². The predicted molar refractivity (Wildman–Crippen MR) is 120 cm³/mol. The van der Waals surface area contributed by atoms with Gasteiger partial charge in [0.2, 0.25) is 15.9 Å². The minimum absolute atomic E-state index is 0.0837. The van der Waals surface area contributed by atoms with Gasteiger partial charge >= 0.3 is 0 Å². The lowest BCUT2D eigenvalue weighted by atomic mass is 10.0. The van der Waals surface area contributed by atoms with Gasteiger partial charge in [-0.3, -0.25) is 14.5 Å². The molecule has 10 heteroatoms. The lowest BCUT2D eigenvalue weighted by Crippen LogP contribution is -2.37. The number of amides is 2. The van der Waals surface area contributed by atoms with E-state index in [1.54, 1.807) is 12.1 Å². The van der Waals surface area contributed by atoms with E-state index in [0.29, 0.717) is 10.6 Å². The summed E-state index contributed by atoms with van der Waals surface area (Å²) >= 11 is 6.30. The van der Waals surface area contributed by atoms with Crippen molar-refractivity contribution >= 4 is 39.1 Å². The van der Waals surface area contributed by atoms with Gasteiger partial charge in [-0.2, -0.15) is 0 Å². The molecule has 1 N–H and O–H groups in total. The summed E-state index contributed by atoms with van der Waals surface area (Å²) in [4.78, 5) is 27.0. The van der Waals surface area contributed by atoms with Crippen LogP contribution >= 0.6 is 11.6 Å². The fourth-order valence-electron chi connectivity index (χ4n) is 4.23. The molecule has 2 aromatic rings. The van der Waals surface area contributed by atoms with Gasteiger partial charge in [0.1, 0.15) is 5.82 Å². The lowest BCUT2D eigenvalue weighted by Gasteiger charge is -2.29. The molecule has 0 spiro atoms. The molecule has 0 aliphatic carbocycles. The summed E-state index contributed by atoms with van der Waals surface area (Å²) in [6, 6.07) is 9.99. The lowest BCUT2D eigenvalue weighted by molar-refractivity contribution is -0.116. The van der Waals surface area contributed by atoms with Crippen molar-refractivity contribution in [2.75, 3.05) is 29.7 Å². The largest absolute Gasteiger partial charge is 0.350 e. The second kappa shape index (κ2) is 9.17. The second-order valence-corrected chi connectivity index (χ2v) is 10.2. The third-order valence-electron chi connectivity index (χ3n) is 5.79. The zero-order chi connectivity index (χ0) is 22.9. The number of anilines is 1. The van der Waals surface area contributed by atoms with Crippen LogP contribution in [-0.4, -0.2) is 50.5 Å². The summed E-state index contributed by atoms with van der Waals surface area (Å²) in [7, 11) is -3.73. The molecule has 1 atom stereocenters. The zero-order valence-corrected chi connectivity index (χ0v) is 18.8. The van der Waals surface area contributed by atoms with E-state index in [-0.39, 0.29) is 30.0 Å². The van der Waals surface area contributed by atoms with Gasteiger partial charge in [-0.25, -0.2) is 17.1 Å². The number of nitrogens with zero attached hydrogens (tertiary/aromatic N) is 2. The van der Waals surface area contributed by atoms with Crippen LogP contribution < -0.4 is 9.62 Å². The first-order valence-electron chi connectivity index (χ1n) is 10.4. The number of carbonyl (C=O) groups excluding carboxylic acids is 2. The minimum atomic E-state index is -3.73. The van der Waals surface area contributed by atoms with Gasteiger partial charge in [0.05, 0.1) is 17.5 Å². The van der Waals surface area contributed by atoms with Crippen molar-refractivity contribution in [2.24, 2.45) is 0 Å². The number of sulfonamides is 1. The van der Waals surface area contributed by atoms with Gasteiger partial charge < -0.3 is 5.32 Å². The molecule has 0 radical (unpaired) electrons. The van der Waals surface area contributed by atoms with E-state index in [4.69, 9.17) is 11.6 Å². The SMILES string of the molecule is O=C(NC[C@H](c1c(F)cccc1Cl)N1CCCC1)c1cccc(N2C(=O)CCS2(=O)=O)c1. The first kappa shape index (κ1) is 22.7. The topological polar surface area (TPSA) is 86.8 Å². The number of benzene rings is 2. The average Bonchev–Trinajstić information content (AvgIpc) is 3.37. The highest BCUT2D eigenvalue weighted by atomic mass is 35.5. The molecule has 2 heterocycles. The van der Waals surface area contributed by atoms with Crippen LogP contribution in [0.5, 0.6) is 0 Å². The normalized spacial score (nSPS) is 19.3. The van der Waals surface area contributed by atoms with E-state index < -0.39 is 33.7 Å². The standard InChI is InChI=1S/C22H23ClFN3O4S/c23-17-7-4-8-18(24)21(17)19(26-10-1-2-11-26)14-25-22(29)15-5-3-6-16(13-15)27-20(28)9-12-32(27,30)31/h3-8,13,19H,1-2,9-12,14H2,(H,25,29)/t19-/m1/s1. The Balaban J connectivity index is 1.55. The van der Waals surface area contributed by atoms with Crippen molar-refractivity contribution in [3.63, 3.8) is 0 Å². The van der Waals surface area contributed by atoms with Crippen molar-refractivity contribution in [2.45, 2.75) is 25.3 Å². The van der Waals surface area contributed by atoms with Crippen LogP contribution in [0.1, 0.15) is 41.2 Å². The Hall–Kier alpha value is -2.49. The Morgan fingerprint density at radius 3 is 2.53 bits per heavy atom. The number of nitrogens with one attached hydrogen (secondary N) is 1. The summed E-state index contributed by atoms with van der Waals surface area (Å²) in [6.07, 6.45) is 1.88. The first-order chi connectivity index (χ1) is 15.3. The Labute approximate surface area is 191 Å². The van der Waals surface area contributed by atoms with Gasteiger partial charge in [0.25, 0.3) is 5.91 Å². The quantitative estimate of drug-likeness (QED) is 0.688. The molecule has 2 amide bonds. The molecule has 2 saturated heterocycles. The monoisotopic (exact) mass is 479 g/mol. The molecule has 0 aromatic heterocycles. The van der Waals surface area contributed by atoms with E-state index in [9.17, 15) is 22.4 Å². The maximum Gasteiger partial charge on any atom is 0.251 e. The maximum atomic E-state index is 14.6. The Kier molecular flexibility index (Phi) is 6.50. The molecule has 2 aliphatic rings. The van der Waals surface area contributed by atoms with Crippen LogP contribution in [0.15, 0.2) is 42.5 Å². The van der Waals surface area contributed by atoms with Gasteiger partial charge in [-0.15, -0.1) is 0 Å². The van der Waals surface area contributed by atoms with Crippen LogP contribution in [0.25, 0.3) is 0 Å². The number of hydrogen-bond donors (Lipinski definition) is 1. The van der Waals surface area contributed by atoms with Crippen LogP contribution in [0.3, 0.4) is 0 Å². The van der Waals surface area contributed by atoms with E-state index in [1.165, 1.54) is 30.3 Å². The van der Waals surface area contributed by atoms with Crippen molar-refractivity contribution in [3.8, 4) is 0 Å². The highest BCUT2D eigenvalue weighted by Crippen LogP contribution is 2.32. The zero-order valence-electron chi connectivity index (χ0n) is 17.3. The molecule has 7 nitrogen and oxygen atoms in total. The van der Waals surface area contributed by atoms with Crippen LogP contribution in [0.4, 0.5) is 10.1 Å². The molecular formula is C22H23ClFN3O4S. The summed E-state index contributed by atoms with van der Waals surface area (Å²) < 4.78 is 39.7. The van der Waals surface area contributed by atoms with Crippen LogP contribution in [-0.2, 0) is 14.8 Å². The highest BCUT2D eigenvalue weighted by Gasteiger charge is 2.36. The van der Waals surface area contributed by atoms with Gasteiger partial charge in [0.15, 0.2) is 0 Å². The summed E-state index contributed by atoms with van der Waals surface area (Å²) in [5.74, 6) is -1.65. The molecule has 2 fully saturated rings. The minimum Gasteiger partial charge on any atom is -0.350 e. The summed E-state index contributed by atoms with van der Waals surface area (Å²) in [5, 5.41) is 3.12. The molecule has 2 aromatic carbocycles. The summed E-state index contributed by atoms with van der Waals surface area (Å²) in [5.41, 5.74) is 0.685.